The van der Waals surface area contributed by atoms with Crippen molar-refractivity contribution in [3.8, 4) is 0 Å². The molecule has 2 saturated heterocycles. The van der Waals surface area contributed by atoms with Crippen LogP contribution in [0.4, 0.5) is 11.4 Å². The van der Waals surface area contributed by atoms with Crippen LogP contribution in [0, 0.1) is 13.8 Å². The van der Waals surface area contributed by atoms with Gasteiger partial charge in [-0.25, -0.2) is 4.98 Å². The van der Waals surface area contributed by atoms with E-state index in [9.17, 15) is 9.59 Å². The number of imidazole rings is 1. The zero-order chi connectivity index (χ0) is 21.1. The molecule has 7 nitrogen and oxygen atoms in total. The van der Waals surface area contributed by atoms with E-state index in [0.717, 1.165) is 54.6 Å². The smallest absolute Gasteiger partial charge is 0.234 e. The molecule has 8 heteroatoms. The number of hydrogen-bond acceptors (Lipinski definition) is 5. The summed E-state index contributed by atoms with van der Waals surface area (Å²) < 4.78 is 7.95. The van der Waals surface area contributed by atoms with Crippen molar-refractivity contribution in [3.05, 3.63) is 35.7 Å². The third-order valence-corrected chi connectivity index (χ3v) is 6.68. The summed E-state index contributed by atoms with van der Waals surface area (Å²) in [6.07, 6.45) is 3.79. The maximum atomic E-state index is 12.7. The molecule has 0 aliphatic carbocycles. The van der Waals surface area contributed by atoms with Gasteiger partial charge in [0.25, 0.3) is 0 Å². The van der Waals surface area contributed by atoms with E-state index < -0.39 is 0 Å². The summed E-state index contributed by atoms with van der Waals surface area (Å²) in [5.41, 5.74) is 3.54. The number of nitrogens with zero attached hydrogens (tertiary/aromatic N) is 3. The number of para-hydroxylation sites is 2. The van der Waals surface area contributed by atoms with Crippen LogP contribution in [0.15, 0.2) is 29.4 Å². The summed E-state index contributed by atoms with van der Waals surface area (Å²) in [5.74, 6) is 0.248. The number of carbonyl (C=O) groups excluding carboxylic acids is 2. The van der Waals surface area contributed by atoms with Crippen LogP contribution < -0.4 is 10.2 Å². The van der Waals surface area contributed by atoms with Gasteiger partial charge in [-0.3, -0.25) is 9.59 Å². The molecule has 1 N–H and O–H groups in total. The van der Waals surface area contributed by atoms with Gasteiger partial charge in [0.05, 0.1) is 35.5 Å². The predicted octanol–water partition coefficient (Wildman–Crippen LogP) is 3.54. The molecule has 2 aliphatic rings. The van der Waals surface area contributed by atoms with Gasteiger partial charge >= 0.3 is 0 Å². The van der Waals surface area contributed by atoms with Crippen molar-refractivity contribution in [1.29, 1.82) is 0 Å². The van der Waals surface area contributed by atoms with Crippen LogP contribution in [0.2, 0.25) is 0 Å². The first-order valence-electron chi connectivity index (χ1n) is 10.5. The number of carbonyl (C=O) groups is 2. The van der Waals surface area contributed by atoms with Crippen LogP contribution in [-0.2, 0) is 20.9 Å². The number of thioether (sulfide) groups is 1. The second-order valence-electron chi connectivity index (χ2n) is 7.81. The molecule has 30 heavy (non-hydrogen) atoms. The molecule has 0 unspecified atom stereocenters. The van der Waals surface area contributed by atoms with Gasteiger partial charge in [-0.2, -0.15) is 0 Å². The summed E-state index contributed by atoms with van der Waals surface area (Å²) in [6, 6.07) is 7.48. The summed E-state index contributed by atoms with van der Waals surface area (Å²) in [6.45, 7) is 6.34. The number of ether oxygens (including phenoxy) is 1. The number of rotatable bonds is 7. The molecule has 2 fully saturated rings. The Hall–Kier alpha value is -2.32. The van der Waals surface area contributed by atoms with Crippen LogP contribution in [0.1, 0.15) is 37.1 Å². The van der Waals surface area contributed by atoms with Gasteiger partial charge in [0.15, 0.2) is 5.16 Å². The number of benzene rings is 1. The van der Waals surface area contributed by atoms with Crippen LogP contribution in [0.25, 0.3) is 0 Å². The van der Waals surface area contributed by atoms with E-state index in [1.165, 1.54) is 11.8 Å². The molecule has 1 aromatic carbocycles. The number of aryl methyl sites for hydroxylation is 1. The van der Waals surface area contributed by atoms with Crippen LogP contribution in [0.5, 0.6) is 0 Å². The van der Waals surface area contributed by atoms with Crippen LogP contribution in [0.3, 0.4) is 0 Å². The highest BCUT2D eigenvalue weighted by atomic mass is 32.2. The second-order valence-corrected chi connectivity index (χ2v) is 8.76. The van der Waals surface area contributed by atoms with Gasteiger partial charge in [0.1, 0.15) is 0 Å². The Morgan fingerprint density at radius 2 is 2.13 bits per heavy atom. The molecule has 3 heterocycles. The third kappa shape index (κ3) is 4.54. The van der Waals surface area contributed by atoms with Crippen molar-refractivity contribution in [2.24, 2.45) is 0 Å². The van der Waals surface area contributed by atoms with Crippen molar-refractivity contribution in [2.45, 2.75) is 57.3 Å². The molecule has 1 atom stereocenters. The lowest BCUT2D eigenvalue weighted by atomic mass is 10.2. The van der Waals surface area contributed by atoms with Gasteiger partial charge in [-0.15, -0.1) is 0 Å². The van der Waals surface area contributed by atoms with E-state index in [-0.39, 0.29) is 23.7 Å². The van der Waals surface area contributed by atoms with E-state index in [1.807, 2.05) is 31.2 Å². The number of aromatic nitrogens is 2. The molecule has 160 valence electrons. The highest BCUT2D eigenvalue weighted by molar-refractivity contribution is 7.99. The first-order chi connectivity index (χ1) is 14.5. The molecule has 2 aliphatic heterocycles. The molecule has 2 aromatic rings. The fourth-order valence-electron chi connectivity index (χ4n) is 3.97. The number of anilines is 2. The Labute approximate surface area is 181 Å². The summed E-state index contributed by atoms with van der Waals surface area (Å²) in [4.78, 5) is 31.2. The van der Waals surface area contributed by atoms with Crippen LogP contribution in [-0.4, -0.2) is 46.4 Å². The summed E-state index contributed by atoms with van der Waals surface area (Å²) in [5, 5.41) is 3.82. The SMILES string of the molecule is Cc1nc(SCC(=O)Nc2ccccc2N2CCCC2=O)n(C[C@@H]2CCCO2)c1C. The van der Waals surface area contributed by atoms with E-state index in [1.54, 1.807) is 4.90 Å². The molecule has 2 amide bonds. The normalized spacial score (nSPS) is 18.9. The van der Waals surface area contributed by atoms with Gasteiger partial charge in [0, 0.05) is 25.3 Å². The number of nitrogens with one attached hydrogen (secondary N) is 1. The monoisotopic (exact) mass is 428 g/mol. The second kappa shape index (κ2) is 9.22. The Bertz CT molecular complexity index is 936. The Balaban J connectivity index is 1.41. The minimum absolute atomic E-state index is 0.105. The highest BCUT2D eigenvalue weighted by Crippen LogP contribution is 2.30. The summed E-state index contributed by atoms with van der Waals surface area (Å²) in [7, 11) is 0. The molecule has 1 aromatic heterocycles. The standard InChI is InChI=1S/C22H28N4O3S/c1-15-16(2)26(13-17-7-6-12-29-17)22(23-15)30-14-20(27)24-18-8-3-4-9-19(18)25-11-5-10-21(25)28/h3-4,8-9,17H,5-7,10-14H2,1-2H3,(H,24,27)/t17-/m0/s1. The zero-order valence-corrected chi connectivity index (χ0v) is 18.3. The van der Waals surface area contributed by atoms with Gasteiger partial charge in [-0.1, -0.05) is 23.9 Å². The Morgan fingerprint density at radius 1 is 1.30 bits per heavy atom. The zero-order valence-electron chi connectivity index (χ0n) is 17.5. The average Bonchev–Trinajstić information content (AvgIpc) is 3.45. The van der Waals surface area contributed by atoms with Crippen molar-refractivity contribution in [2.75, 3.05) is 29.1 Å². The van der Waals surface area contributed by atoms with Crippen molar-refractivity contribution < 1.29 is 14.3 Å². The fraction of sp³-hybridized carbons (Fsp3) is 0.500. The highest BCUT2D eigenvalue weighted by Gasteiger charge is 2.24. The Morgan fingerprint density at radius 3 is 2.87 bits per heavy atom. The van der Waals surface area contributed by atoms with Crippen molar-refractivity contribution in [3.63, 3.8) is 0 Å². The van der Waals surface area contributed by atoms with Gasteiger partial charge in [-0.05, 0) is 45.2 Å². The largest absolute Gasteiger partial charge is 0.376 e. The molecular formula is C22H28N4O3S. The molecule has 0 radical (unpaired) electrons. The maximum absolute atomic E-state index is 12.7. The van der Waals surface area contributed by atoms with Gasteiger partial charge < -0.3 is 19.5 Å². The lowest BCUT2D eigenvalue weighted by molar-refractivity contribution is -0.117. The first-order valence-corrected chi connectivity index (χ1v) is 11.5. The van der Waals surface area contributed by atoms with E-state index in [0.29, 0.717) is 18.7 Å². The topological polar surface area (TPSA) is 76.5 Å². The van der Waals surface area contributed by atoms with Crippen molar-refractivity contribution in [1.82, 2.24) is 9.55 Å². The lowest BCUT2D eigenvalue weighted by Crippen LogP contribution is -2.26. The summed E-state index contributed by atoms with van der Waals surface area (Å²) >= 11 is 1.44. The van der Waals surface area contributed by atoms with E-state index >= 15 is 0 Å². The maximum Gasteiger partial charge on any atom is 0.234 e. The predicted molar refractivity (Wildman–Crippen MR) is 118 cm³/mol. The Kier molecular flexibility index (Phi) is 6.43. The quantitative estimate of drug-likeness (QED) is 0.683. The first kappa shape index (κ1) is 20.9. The average molecular weight is 429 g/mol. The third-order valence-electron chi connectivity index (χ3n) is 5.71. The van der Waals surface area contributed by atoms with Crippen molar-refractivity contribution >= 4 is 35.0 Å². The number of hydrogen-bond donors (Lipinski definition) is 1. The molecule has 0 bridgehead atoms. The minimum Gasteiger partial charge on any atom is -0.376 e. The fourth-order valence-corrected chi connectivity index (χ4v) is 4.88. The molecular weight excluding hydrogens is 400 g/mol. The van der Waals surface area contributed by atoms with Gasteiger partial charge in [0.2, 0.25) is 11.8 Å². The lowest BCUT2D eigenvalue weighted by Gasteiger charge is -2.20. The molecule has 4 rings (SSSR count). The van der Waals surface area contributed by atoms with E-state index in [4.69, 9.17) is 4.74 Å². The van der Waals surface area contributed by atoms with E-state index in [2.05, 4.69) is 21.8 Å². The molecule has 0 saturated carbocycles. The molecule has 0 spiro atoms. The number of amides is 2. The van der Waals surface area contributed by atoms with Crippen LogP contribution >= 0.6 is 11.8 Å². The minimum atomic E-state index is -0.110.